The summed E-state index contributed by atoms with van der Waals surface area (Å²) in [6.45, 7) is 12.0. The molecule has 0 fully saturated rings. The third-order valence-electron chi connectivity index (χ3n) is 3.21. The minimum Gasteiger partial charge on any atom is -0.309 e. The molecule has 3 heteroatoms. The summed E-state index contributed by atoms with van der Waals surface area (Å²) in [5.41, 5.74) is 2.07. The van der Waals surface area contributed by atoms with Gasteiger partial charge in [-0.15, -0.1) is 0 Å². The van der Waals surface area contributed by atoms with E-state index in [1.54, 1.807) is 12.4 Å². The van der Waals surface area contributed by atoms with Crippen LogP contribution < -0.4 is 5.32 Å². The smallest absolute Gasteiger partial charge is 0.0782 e. The van der Waals surface area contributed by atoms with Gasteiger partial charge in [0.2, 0.25) is 0 Å². The maximum absolute atomic E-state index is 4.38. The van der Waals surface area contributed by atoms with Crippen LogP contribution in [0.15, 0.2) is 12.4 Å². The second kappa shape index (κ2) is 5.94. The zero-order chi connectivity index (χ0) is 12.1. The summed E-state index contributed by atoms with van der Waals surface area (Å²) in [6, 6.07) is 0.273. The molecule has 1 rings (SSSR count). The number of hydrogen-bond donors (Lipinski definition) is 1. The summed E-state index contributed by atoms with van der Waals surface area (Å²) >= 11 is 0. The normalized spacial score (nSPS) is 15.1. The SMILES string of the molecule is Cc1nccnc1C(C)NCC(C)C(C)C. The van der Waals surface area contributed by atoms with E-state index < -0.39 is 0 Å². The molecule has 0 bridgehead atoms. The van der Waals surface area contributed by atoms with Gasteiger partial charge < -0.3 is 5.32 Å². The summed E-state index contributed by atoms with van der Waals surface area (Å²) < 4.78 is 0. The second-order valence-electron chi connectivity index (χ2n) is 4.88. The minimum absolute atomic E-state index is 0.273. The van der Waals surface area contributed by atoms with Crippen LogP contribution in [0.1, 0.15) is 45.1 Å². The maximum Gasteiger partial charge on any atom is 0.0782 e. The molecule has 0 amide bonds. The van der Waals surface area contributed by atoms with Gasteiger partial charge in [-0.25, -0.2) is 0 Å². The molecule has 2 atom stereocenters. The summed E-state index contributed by atoms with van der Waals surface area (Å²) in [5.74, 6) is 1.39. The van der Waals surface area contributed by atoms with Gasteiger partial charge in [0.05, 0.1) is 11.4 Å². The number of hydrogen-bond acceptors (Lipinski definition) is 3. The molecule has 0 aromatic carbocycles. The van der Waals surface area contributed by atoms with Crippen molar-refractivity contribution in [2.75, 3.05) is 6.54 Å². The topological polar surface area (TPSA) is 37.8 Å². The molecule has 0 aliphatic carbocycles. The van der Waals surface area contributed by atoms with Crippen molar-refractivity contribution in [1.29, 1.82) is 0 Å². The third-order valence-corrected chi connectivity index (χ3v) is 3.21. The van der Waals surface area contributed by atoms with Gasteiger partial charge in [-0.2, -0.15) is 0 Å². The molecule has 0 aliphatic rings. The molecule has 0 saturated heterocycles. The molecule has 1 aromatic heterocycles. The van der Waals surface area contributed by atoms with E-state index in [4.69, 9.17) is 0 Å². The predicted octanol–water partition coefficient (Wildman–Crippen LogP) is 2.73. The summed E-state index contributed by atoms with van der Waals surface area (Å²) in [5, 5.41) is 3.52. The summed E-state index contributed by atoms with van der Waals surface area (Å²) in [7, 11) is 0. The number of nitrogens with zero attached hydrogens (tertiary/aromatic N) is 2. The van der Waals surface area contributed by atoms with Gasteiger partial charge in [0.25, 0.3) is 0 Å². The highest BCUT2D eigenvalue weighted by Crippen LogP contribution is 2.14. The quantitative estimate of drug-likeness (QED) is 0.830. The molecule has 0 aliphatic heterocycles. The molecule has 1 heterocycles. The minimum atomic E-state index is 0.273. The van der Waals surface area contributed by atoms with Crippen LogP contribution in [0.4, 0.5) is 0 Å². The van der Waals surface area contributed by atoms with Crippen molar-refractivity contribution in [1.82, 2.24) is 15.3 Å². The van der Waals surface area contributed by atoms with Crippen LogP contribution in [0, 0.1) is 18.8 Å². The van der Waals surface area contributed by atoms with Crippen LogP contribution in [0.25, 0.3) is 0 Å². The fraction of sp³-hybridized carbons (Fsp3) is 0.692. The Morgan fingerprint density at radius 1 is 1.12 bits per heavy atom. The van der Waals surface area contributed by atoms with Gasteiger partial charge in [-0.3, -0.25) is 9.97 Å². The molecule has 0 radical (unpaired) electrons. The average molecular weight is 221 g/mol. The Balaban J connectivity index is 2.53. The highest BCUT2D eigenvalue weighted by molar-refractivity contribution is 5.12. The van der Waals surface area contributed by atoms with Crippen LogP contribution in [-0.4, -0.2) is 16.5 Å². The first-order valence-electron chi connectivity index (χ1n) is 6.03. The van der Waals surface area contributed by atoms with Crippen LogP contribution in [0.2, 0.25) is 0 Å². The van der Waals surface area contributed by atoms with Gasteiger partial charge in [-0.1, -0.05) is 20.8 Å². The number of rotatable bonds is 5. The molecule has 0 saturated carbocycles. The number of nitrogens with one attached hydrogen (secondary N) is 1. The molecule has 3 nitrogen and oxygen atoms in total. The van der Waals surface area contributed by atoms with Crippen molar-refractivity contribution in [3.8, 4) is 0 Å². The lowest BCUT2D eigenvalue weighted by Crippen LogP contribution is -2.27. The Kier molecular flexibility index (Phi) is 4.87. The van der Waals surface area contributed by atoms with E-state index in [9.17, 15) is 0 Å². The molecular formula is C13H23N3. The highest BCUT2D eigenvalue weighted by atomic mass is 14.9. The Morgan fingerprint density at radius 3 is 2.31 bits per heavy atom. The maximum atomic E-state index is 4.38. The highest BCUT2D eigenvalue weighted by Gasteiger charge is 2.12. The molecule has 0 spiro atoms. The van der Waals surface area contributed by atoms with Crippen molar-refractivity contribution >= 4 is 0 Å². The van der Waals surface area contributed by atoms with Gasteiger partial charge in [0, 0.05) is 18.4 Å². The largest absolute Gasteiger partial charge is 0.309 e. The average Bonchev–Trinajstić information content (AvgIpc) is 2.25. The predicted molar refractivity (Wildman–Crippen MR) is 67.2 cm³/mol. The molecule has 1 N–H and O–H groups in total. The van der Waals surface area contributed by atoms with Crippen LogP contribution in [0.3, 0.4) is 0 Å². The first-order chi connectivity index (χ1) is 7.52. The van der Waals surface area contributed by atoms with E-state index in [0.717, 1.165) is 17.9 Å². The Labute approximate surface area is 98.7 Å². The van der Waals surface area contributed by atoms with E-state index in [1.165, 1.54) is 0 Å². The zero-order valence-corrected chi connectivity index (χ0v) is 11.0. The van der Waals surface area contributed by atoms with Gasteiger partial charge >= 0.3 is 0 Å². The zero-order valence-electron chi connectivity index (χ0n) is 11.0. The van der Waals surface area contributed by atoms with E-state index in [-0.39, 0.29) is 6.04 Å². The van der Waals surface area contributed by atoms with E-state index in [2.05, 4.69) is 43.0 Å². The van der Waals surface area contributed by atoms with Crippen molar-refractivity contribution < 1.29 is 0 Å². The molecule has 16 heavy (non-hydrogen) atoms. The second-order valence-corrected chi connectivity index (χ2v) is 4.88. The molecule has 2 unspecified atom stereocenters. The van der Waals surface area contributed by atoms with Crippen LogP contribution in [-0.2, 0) is 0 Å². The lowest BCUT2D eigenvalue weighted by molar-refractivity contribution is 0.373. The number of aromatic nitrogens is 2. The third kappa shape index (κ3) is 3.56. The van der Waals surface area contributed by atoms with Gasteiger partial charge in [-0.05, 0) is 32.2 Å². The Morgan fingerprint density at radius 2 is 1.75 bits per heavy atom. The fourth-order valence-corrected chi connectivity index (χ4v) is 1.54. The van der Waals surface area contributed by atoms with Crippen molar-refractivity contribution in [3.05, 3.63) is 23.8 Å². The van der Waals surface area contributed by atoms with E-state index in [0.29, 0.717) is 11.8 Å². The lowest BCUT2D eigenvalue weighted by atomic mass is 9.98. The Bertz CT molecular complexity index is 323. The molecule has 90 valence electrons. The van der Waals surface area contributed by atoms with Gasteiger partial charge in [0.15, 0.2) is 0 Å². The van der Waals surface area contributed by atoms with Crippen LogP contribution in [0.5, 0.6) is 0 Å². The monoisotopic (exact) mass is 221 g/mol. The van der Waals surface area contributed by atoms with Crippen molar-refractivity contribution in [2.24, 2.45) is 11.8 Å². The standard InChI is InChI=1S/C13H23N3/c1-9(2)10(3)8-16-12(5)13-11(4)14-6-7-15-13/h6-7,9-10,12,16H,8H2,1-5H3. The summed E-state index contributed by atoms with van der Waals surface area (Å²) in [4.78, 5) is 8.64. The van der Waals surface area contributed by atoms with Crippen molar-refractivity contribution in [2.45, 2.75) is 40.7 Å². The Hall–Kier alpha value is -0.960. The van der Waals surface area contributed by atoms with E-state index >= 15 is 0 Å². The summed E-state index contributed by atoms with van der Waals surface area (Å²) in [6.07, 6.45) is 3.49. The lowest BCUT2D eigenvalue weighted by Gasteiger charge is -2.20. The van der Waals surface area contributed by atoms with Crippen LogP contribution >= 0.6 is 0 Å². The van der Waals surface area contributed by atoms with Crippen molar-refractivity contribution in [3.63, 3.8) is 0 Å². The van der Waals surface area contributed by atoms with Gasteiger partial charge in [0.1, 0.15) is 0 Å². The first-order valence-corrected chi connectivity index (χ1v) is 6.03. The molecular weight excluding hydrogens is 198 g/mol. The molecule has 1 aromatic rings. The first kappa shape index (κ1) is 13.1. The fourth-order valence-electron chi connectivity index (χ4n) is 1.54. The van der Waals surface area contributed by atoms with E-state index in [1.807, 2.05) is 6.92 Å². The number of aryl methyl sites for hydroxylation is 1.